The van der Waals surface area contributed by atoms with Gasteiger partial charge in [-0.1, -0.05) is 0 Å². The summed E-state index contributed by atoms with van der Waals surface area (Å²) in [5.74, 6) is 5.37. The predicted molar refractivity (Wildman–Crippen MR) is 52.7 cm³/mol. The first-order valence-corrected chi connectivity index (χ1v) is 4.32. The van der Waals surface area contributed by atoms with E-state index in [1.54, 1.807) is 6.92 Å². The number of hydrogen-bond acceptors (Lipinski definition) is 3. The van der Waals surface area contributed by atoms with Gasteiger partial charge in [-0.2, -0.15) is 0 Å². The highest BCUT2D eigenvalue weighted by molar-refractivity contribution is 5.74. The molecule has 0 aromatic carbocycles. The fourth-order valence-corrected chi connectivity index (χ4v) is 0.945. The molecule has 5 N–H and O–H groups in total. The van der Waals surface area contributed by atoms with Crippen LogP contribution in [0.3, 0.4) is 0 Å². The molecule has 74 valence electrons. The number of nitrogens with one attached hydrogen (secondary N) is 1. The van der Waals surface area contributed by atoms with Gasteiger partial charge in [0.2, 0.25) is 5.91 Å². The lowest BCUT2D eigenvalue weighted by Crippen LogP contribution is -2.39. The van der Waals surface area contributed by atoms with Crippen LogP contribution < -0.4 is 16.8 Å². The maximum atomic E-state index is 10.6. The van der Waals surface area contributed by atoms with Gasteiger partial charge in [-0.15, -0.1) is 11.8 Å². The van der Waals surface area contributed by atoms with Crippen molar-refractivity contribution >= 4 is 5.91 Å². The molecule has 0 saturated heterocycles. The molecular weight excluding hydrogens is 166 g/mol. The third-order valence-electron chi connectivity index (χ3n) is 1.59. The summed E-state index contributed by atoms with van der Waals surface area (Å²) >= 11 is 0. The molecule has 0 heterocycles. The van der Waals surface area contributed by atoms with Crippen molar-refractivity contribution in [3.05, 3.63) is 0 Å². The van der Waals surface area contributed by atoms with Crippen LogP contribution in [0.15, 0.2) is 0 Å². The van der Waals surface area contributed by atoms with Gasteiger partial charge in [0.05, 0.1) is 0 Å². The third-order valence-corrected chi connectivity index (χ3v) is 1.59. The average molecular weight is 183 g/mol. The van der Waals surface area contributed by atoms with E-state index < -0.39 is 0 Å². The Labute approximate surface area is 79.0 Å². The van der Waals surface area contributed by atoms with Gasteiger partial charge in [-0.05, 0) is 6.92 Å². The quantitative estimate of drug-likeness (QED) is 0.372. The molecule has 0 bridgehead atoms. The van der Waals surface area contributed by atoms with Crippen LogP contribution in [0.2, 0.25) is 0 Å². The Morgan fingerprint density at radius 1 is 1.62 bits per heavy atom. The number of carbonyl (C=O) groups excluding carboxylic acids is 1. The van der Waals surface area contributed by atoms with Crippen molar-refractivity contribution in [1.82, 2.24) is 5.32 Å². The van der Waals surface area contributed by atoms with Gasteiger partial charge in [0.1, 0.15) is 0 Å². The van der Waals surface area contributed by atoms with Crippen LogP contribution in [0.4, 0.5) is 0 Å². The first-order chi connectivity index (χ1) is 6.20. The van der Waals surface area contributed by atoms with Gasteiger partial charge in [0, 0.05) is 32.0 Å². The van der Waals surface area contributed by atoms with Gasteiger partial charge < -0.3 is 16.8 Å². The monoisotopic (exact) mass is 183 g/mol. The summed E-state index contributed by atoms with van der Waals surface area (Å²) in [6, 6.07) is -0.0174. The fraction of sp³-hybridized carbons (Fsp3) is 0.667. The molecule has 0 fully saturated rings. The van der Waals surface area contributed by atoms with Crippen LogP contribution in [-0.4, -0.2) is 25.0 Å². The number of nitrogens with two attached hydrogens (primary N) is 2. The SMILES string of the molecule is CC#CCCNC(CN)CC(N)=O. The number of hydrogen-bond donors (Lipinski definition) is 3. The molecule has 0 rings (SSSR count). The van der Waals surface area contributed by atoms with Crippen molar-refractivity contribution in [3.8, 4) is 11.8 Å². The van der Waals surface area contributed by atoms with Gasteiger partial charge >= 0.3 is 0 Å². The predicted octanol–water partition coefficient (Wildman–Crippen LogP) is -0.808. The Kier molecular flexibility index (Phi) is 6.98. The molecule has 0 aromatic rings. The first kappa shape index (κ1) is 11.9. The highest BCUT2D eigenvalue weighted by atomic mass is 16.1. The fourth-order valence-electron chi connectivity index (χ4n) is 0.945. The smallest absolute Gasteiger partial charge is 0.219 e. The Morgan fingerprint density at radius 2 is 2.31 bits per heavy atom. The number of primary amides is 1. The van der Waals surface area contributed by atoms with E-state index in [0.29, 0.717) is 6.54 Å². The van der Waals surface area contributed by atoms with E-state index in [1.165, 1.54) is 0 Å². The van der Waals surface area contributed by atoms with Crippen LogP contribution in [-0.2, 0) is 4.79 Å². The van der Waals surface area contributed by atoms with E-state index in [0.717, 1.165) is 13.0 Å². The maximum absolute atomic E-state index is 10.6. The zero-order valence-electron chi connectivity index (χ0n) is 7.97. The highest BCUT2D eigenvalue weighted by Crippen LogP contribution is 1.88. The van der Waals surface area contributed by atoms with E-state index in [9.17, 15) is 4.79 Å². The summed E-state index contributed by atoms with van der Waals surface area (Å²) in [5, 5.41) is 3.11. The second kappa shape index (κ2) is 7.59. The van der Waals surface area contributed by atoms with Crippen molar-refractivity contribution in [1.29, 1.82) is 0 Å². The molecule has 0 saturated carbocycles. The Balaban J connectivity index is 3.57. The van der Waals surface area contributed by atoms with Crippen LogP contribution in [0.25, 0.3) is 0 Å². The minimum absolute atomic E-state index is 0.0174. The number of carbonyl (C=O) groups is 1. The zero-order chi connectivity index (χ0) is 10.1. The molecule has 1 atom stereocenters. The molecule has 4 nitrogen and oxygen atoms in total. The third kappa shape index (κ3) is 7.32. The molecule has 1 amide bonds. The van der Waals surface area contributed by atoms with Crippen LogP contribution in [0.5, 0.6) is 0 Å². The average Bonchev–Trinajstić information content (AvgIpc) is 2.09. The lowest BCUT2D eigenvalue weighted by atomic mass is 10.2. The molecule has 4 heteroatoms. The number of rotatable bonds is 6. The van der Waals surface area contributed by atoms with Gasteiger partial charge in [-0.25, -0.2) is 0 Å². The lowest BCUT2D eigenvalue weighted by molar-refractivity contribution is -0.118. The number of amides is 1. The second-order valence-electron chi connectivity index (χ2n) is 2.73. The summed E-state index contributed by atoms with van der Waals surface area (Å²) in [6.45, 7) is 2.96. The summed E-state index contributed by atoms with van der Waals surface area (Å²) < 4.78 is 0. The summed E-state index contributed by atoms with van der Waals surface area (Å²) in [4.78, 5) is 10.6. The molecule has 0 spiro atoms. The Morgan fingerprint density at radius 3 is 2.77 bits per heavy atom. The molecule has 0 aliphatic carbocycles. The lowest BCUT2D eigenvalue weighted by Gasteiger charge is -2.13. The molecule has 0 aromatic heterocycles. The summed E-state index contributed by atoms with van der Waals surface area (Å²) in [7, 11) is 0. The van der Waals surface area contributed by atoms with Crippen molar-refractivity contribution in [2.24, 2.45) is 11.5 Å². The maximum Gasteiger partial charge on any atom is 0.219 e. The normalized spacial score (nSPS) is 11.5. The van der Waals surface area contributed by atoms with Gasteiger partial charge in [0.25, 0.3) is 0 Å². The standard InChI is InChI=1S/C9H17N3O/c1-2-3-4-5-12-8(7-10)6-9(11)13/h8,12H,4-7,10H2,1H3,(H2,11,13). The second-order valence-corrected chi connectivity index (χ2v) is 2.73. The highest BCUT2D eigenvalue weighted by Gasteiger charge is 2.07. The van der Waals surface area contributed by atoms with E-state index in [-0.39, 0.29) is 18.4 Å². The minimum atomic E-state index is -0.329. The molecular formula is C9H17N3O. The largest absolute Gasteiger partial charge is 0.370 e. The van der Waals surface area contributed by atoms with Gasteiger partial charge in [-0.3, -0.25) is 4.79 Å². The zero-order valence-corrected chi connectivity index (χ0v) is 7.97. The van der Waals surface area contributed by atoms with E-state index in [1.807, 2.05) is 0 Å². The Bertz CT molecular complexity index is 205. The minimum Gasteiger partial charge on any atom is -0.370 e. The molecule has 0 aliphatic rings. The van der Waals surface area contributed by atoms with E-state index >= 15 is 0 Å². The summed E-state index contributed by atoms with van der Waals surface area (Å²) in [6.07, 6.45) is 1.06. The van der Waals surface area contributed by atoms with E-state index in [4.69, 9.17) is 11.5 Å². The Hall–Kier alpha value is -1.05. The van der Waals surface area contributed by atoms with Crippen molar-refractivity contribution in [2.75, 3.05) is 13.1 Å². The first-order valence-electron chi connectivity index (χ1n) is 4.32. The van der Waals surface area contributed by atoms with Gasteiger partial charge in [0.15, 0.2) is 0 Å². The molecule has 0 radical (unpaired) electrons. The van der Waals surface area contributed by atoms with E-state index in [2.05, 4.69) is 17.2 Å². The molecule has 0 aliphatic heterocycles. The van der Waals surface area contributed by atoms with Crippen molar-refractivity contribution in [2.45, 2.75) is 25.8 Å². The topological polar surface area (TPSA) is 81.1 Å². The summed E-state index contributed by atoms with van der Waals surface area (Å²) in [5.41, 5.74) is 10.5. The van der Waals surface area contributed by atoms with Crippen molar-refractivity contribution < 1.29 is 4.79 Å². The van der Waals surface area contributed by atoms with Crippen LogP contribution >= 0.6 is 0 Å². The molecule has 1 unspecified atom stereocenters. The van der Waals surface area contributed by atoms with Crippen LogP contribution in [0.1, 0.15) is 19.8 Å². The molecule has 13 heavy (non-hydrogen) atoms. The van der Waals surface area contributed by atoms with Crippen molar-refractivity contribution in [3.63, 3.8) is 0 Å². The van der Waals surface area contributed by atoms with Crippen LogP contribution in [0, 0.1) is 11.8 Å².